The van der Waals surface area contributed by atoms with Crippen LogP contribution < -0.4 is 5.32 Å². The molecule has 0 heterocycles. The SMILES string of the molecule is CCC1(CC)C2CCCCCC2C1NC. The van der Waals surface area contributed by atoms with Crippen molar-refractivity contribution in [3.05, 3.63) is 0 Å². The number of hydrogen-bond acceptors (Lipinski definition) is 1. The summed E-state index contributed by atoms with van der Waals surface area (Å²) in [7, 11) is 2.17. The van der Waals surface area contributed by atoms with Crippen molar-refractivity contribution in [3.63, 3.8) is 0 Å². The van der Waals surface area contributed by atoms with Gasteiger partial charge < -0.3 is 5.32 Å². The van der Waals surface area contributed by atoms with E-state index in [4.69, 9.17) is 0 Å². The van der Waals surface area contributed by atoms with E-state index in [1.807, 2.05) is 0 Å². The lowest BCUT2D eigenvalue weighted by atomic mass is 9.46. The average Bonchev–Trinajstić information content (AvgIpc) is 2.46. The minimum Gasteiger partial charge on any atom is -0.316 e. The Labute approximate surface area is 95.0 Å². The summed E-state index contributed by atoms with van der Waals surface area (Å²) < 4.78 is 0. The predicted octanol–water partition coefficient (Wildman–Crippen LogP) is 3.59. The fourth-order valence-electron chi connectivity index (χ4n) is 4.70. The molecule has 0 spiro atoms. The fourth-order valence-corrected chi connectivity index (χ4v) is 4.70. The van der Waals surface area contributed by atoms with Crippen molar-refractivity contribution in [2.45, 2.75) is 64.8 Å². The summed E-state index contributed by atoms with van der Waals surface area (Å²) in [5, 5.41) is 3.62. The highest BCUT2D eigenvalue weighted by Gasteiger charge is 2.58. The number of rotatable bonds is 3. The molecular weight excluding hydrogens is 182 g/mol. The first-order chi connectivity index (χ1) is 7.30. The molecule has 0 amide bonds. The Morgan fingerprint density at radius 1 is 1.07 bits per heavy atom. The van der Waals surface area contributed by atoms with Crippen molar-refractivity contribution < 1.29 is 0 Å². The van der Waals surface area contributed by atoms with E-state index < -0.39 is 0 Å². The van der Waals surface area contributed by atoms with Crippen LogP contribution in [0.2, 0.25) is 0 Å². The van der Waals surface area contributed by atoms with Gasteiger partial charge in [-0.05, 0) is 50.0 Å². The van der Waals surface area contributed by atoms with Gasteiger partial charge in [0.05, 0.1) is 0 Å². The van der Waals surface area contributed by atoms with Crippen LogP contribution >= 0.6 is 0 Å². The minimum absolute atomic E-state index is 0.643. The molecule has 2 rings (SSSR count). The van der Waals surface area contributed by atoms with Gasteiger partial charge in [-0.2, -0.15) is 0 Å². The van der Waals surface area contributed by atoms with Crippen LogP contribution in [0.25, 0.3) is 0 Å². The van der Waals surface area contributed by atoms with E-state index in [0.29, 0.717) is 5.41 Å². The minimum atomic E-state index is 0.643. The van der Waals surface area contributed by atoms with Crippen LogP contribution in [0.5, 0.6) is 0 Å². The molecule has 1 N–H and O–H groups in total. The summed E-state index contributed by atoms with van der Waals surface area (Å²) >= 11 is 0. The summed E-state index contributed by atoms with van der Waals surface area (Å²) in [5.41, 5.74) is 0.643. The van der Waals surface area contributed by atoms with Crippen molar-refractivity contribution in [1.82, 2.24) is 5.32 Å². The highest BCUT2D eigenvalue weighted by molar-refractivity contribution is 5.10. The Balaban J connectivity index is 2.16. The molecule has 0 aromatic heterocycles. The number of nitrogens with one attached hydrogen (secondary N) is 1. The van der Waals surface area contributed by atoms with Gasteiger partial charge in [0.2, 0.25) is 0 Å². The predicted molar refractivity (Wildman–Crippen MR) is 65.9 cm³/mol. The van der Waals surface area contributed by atoms with Crippen LogP contribution in [0.3, 0.4) is 0 Å². The molecule has 1 nitrogen and oxygen atoms in total. The Hall–Kier alpha value is -0.0400. The molecule has 0 aromatic rings. The van der Waals surface area contributed by atoms with Gasteiger partial charge in [0, 0.05) is 6.04 Å². The van der Waals surface area contributed by atoms with Gasteiger partial charge in [-0.25, -0.2) is 0 Å². The zero-order valence-corrected chi connectivity index (χ0v) is 10.7. The normalized spacial score (nSPS) is 39.0. The van der Waals surface area contributed by atoms with Gasteiger partial charge in [-0.15, -0.1) is 0 Å². The van der Waals surface area contributed by atoms with Gasteiger partial charge in [-0.3, -0.25) is 0 Å². The lowest BCUT2D eigenvalue weighted by molar-refractivity contribution is -0.0969. The Bertz CT molecular complexity index is 207. The third kappa shape index (κ3) is 1.54. The summed E-state index contributed by atoms with van der Waals surface area (Å²) in [6.45, 7) is 4.80. The lowest BCUT2D eigenvalue weighted by Crippen LogP contribution is -2.65. The molecule has 1 heteroatoms. The highest BCUT2D eigenvalue weighted by atomic mass is 15.0. The monoisotopic (exact) mass is 209 g/mol. The average molecular weight is 209 g/mol. The number of fused-ring (bicyclic) bond motifs is 1. The molecule has 0 saturated heterocycles. The molecule has 0 bridgehead atoms. The third-order valence-electron chi connectivity index (χ3n) is 5.48. The Morgan fingerprint density at radius 3 is 2.33 bits per heavy atom. The van der Waals surface area contributed by atoms with Crippen LogP contribution in [0, 0.1) is 17.3 Å². The second kappa shape index (κ2) is 4.45. The van der Waals surface area contributed by atoms with Crippen molar-refractivity contribution in [2.75, 3.05) is 7.05 Å². The zero-order valence-electron chi connectivity index (χ0n) is 10.7. The quantitative estimate of drug-likeness (QED) is 0.749. The van der Waals surface area contributed by atoms with Gasteiger partial charge >= 0.3 is 0 Å². The van der Waals surface area contributed by atoms with Crippen LogP contribution in [0.4, 0.5) is 0 Å². The van der Waals surface area contributed by atoms with Gasteiger partial charge in [0.25, 0.3) is 0 Å². The topological polar surface area (TPSA) is 12.0 Å². The third-order valence-corrected chi connectivity index (χ3v) is 5.48. The second-order valence-corrected chi connectivity index (χ2v) is 5.61. The summed E-state index contributed by atoms with van der Waals surface area (Å²) in [4.78, 5) is 0. The first kappa shape index (κ1) is 11.4. The Morgan fingerprint density at radius 2 is 1.73 bits per heavy atom. The first-order valence-corrected chi connectivity index (χ1v) is 6.97. The lowest BCUT2D eigenvalue weighted by Gasteiger charge is -2.62. The first-order valence-electron chi connectivity index (χ1n) is 6.97. The van der Waals surface area contributed by atoms with Crippen molar-refractivity contribution >= 4 is 0 Å². The summed E-state index contributed by atoms with van der Waals surface area (Å²) in [6, 6.07) is 0.815. The fraction of sp³-hybridized carbons (Fsp3) is 1.00. The van der Waals surface area contributed by atoms with E-state index in [0.717, 1.165) is 17.9 Å². The van der Waals surface area contributed by atoms with Crippen LogP contribution in [-0.4, -0.2) is 13.1 Å². The Kier molecular flexibility index (Phi) is 3.39. The molecule has 2 fully saturated rings. The molecule has 0 aromatic carbocycles. The van der Waals surface area contributed by atoms with Crippen LogP contribution in [0.15, 0.2) is 0 Å². The maximum Gasteiger partial charge on any atom is 0.0154 e. The van der Waals surface area contributed by atoms with Gasteiger partial charge in [0.15, 0.2) is 0 Å². The maximum atomic E-state index is 3.62. The smallest absolute Gasteiger partial charge is 0.0154 e. The molecular formula is C14H27N. The van der Waals surface area contributed by atoms with E-state index in [2.05, 4.69) is 26.2 Å². The van der Waals surface area contributed by atoms with E-state index in [-0.39, 0.29) is 0 Å². The zero-order chi connectivity index (χ0) is 10.9. The molecule has 15 heavy (non-hydrogen) atoms. The largest absolute Gasteiger partial charge is 0.316 e. The molecule has 2 aliphatic carbocycles. The standard InChI is InChI=1S/C14H27N/c1-4-14(5-2)12-10-8-6-7-9-11(12)13(14)15-3/h11-13,15H,4-10H2,1-3H3. The molecule has 88 valence electrons. The molecule has 3 unspecified atom stereocenters. The molecule has 0 aliphatic heterocycles. The van der Waals surface area contributed by atoms with Gasteiger partial charge in [-0.1, -0.05) is 33.1 Å². The van der Waals surface area contributed by atoms with Crippen molar-refractivity contribution in [1.29, 1.82) is 0 Å². The van der Waals surface area contributed by atoms with E-state index in [1.165, 1.54) is 44.9 Å². The molecule has 2 aliphatic rings. The van der Waals surface area contributed by atoms with Crippen LogP contribution in [-0.2, 0) is 0 Å². The molecule has 3 atom stereocenters. The highest BCUT2D eigenvalue weighted by Crippen LogP contribution is 2.59. The van der Waals surface area contributed by atoms with E-state index >= 15 is 0 Å². The molecule has 0 radical (unpaired) electrons. The van der Waals surface area contributed by atoms with E-state index in [9.17, 15) is 0 Å². The maximum absolute atomic E-state index is 3.62. The van der Waals surface area contributed by atoms with E-state index in [1.54, 1.807) is 0 Å². The number of hydrogen-bond donors (Lipinski definition) is 1. The van der Waals surface area contributed by atoms with Crippen molar-refractivity contribution in [3.8, 4) is 0 Å². The van der Waals surface area contributed by atoms with Crippen LogP contribution in [0.1, 0.15) is 58.8 Å². The van der Waals surface area contributed by atoms with Crippen molar-refractivity contribution in [2.24, 2.45) is 17.3 Å². The summed E-state index contributed by atoms with van der Waals surface area (Å²) in [5.74, 6) is 2.03. The summed E-state index contributed by atoms with van der Waals surface area (Å²) in [6.07, 6.45) is 10.2. The van der Waals surface area contributed by atoms with Gasteiger partial charge in [0.1, 0.15) is 0 Å². The molecule has 2 saturated carbocycles. The second-order valence-electron chi connectivity index (χ2n) is 5.61.